The number of hydrogen-bond donors (Lipinski definition) is 4. The van der Waals surface area contributed by atoms with E-state index in [1.165, 1.54) is 25.1 Å². The fourth-order valence-electron chi connectivity index (χ4n) is 2.23. The van der Waals surface area contributed by atoms with Crippen LogP contribution in [0.25, 0.3) is 0 Å². The van der Waals surface area contributed by atoms with Gasteiger partial charge in [0, 0.05) is 5.69 Å². The molecule has 0 unspecified atom stereocenters. The van der Waals surface area contributed by atoms with E-state index >= 15 is 0 Å². The zero-order valence-corrected chi connectivity index (χ0v) is 14.7. The third-order valence-corrected chi connectivity index (χ3v) is 3.77. The Kier molecular flexibility index (Phi) is 6.14. The number of halogens is 1. The number of carbonyl (C=O) groups is 1. The summed E-state index contributed by atoms with van der Waals surface area (Å²) in [7, 11) is 0. The van der Waals surface area contributed by atoms with Gasteiger partial charge in [0.05, 0.1) is 5.69 Å². The van der Waals surface area contributed by atoms with Gasteiger partial charge in [0.25, 0.3) is 5.91 Å². The number of aliphatic hydroxyl groups is 1. The van der Waals surface area contributed by atoms with E-state index in [-0.39, 0.29) is 12.4 Å². The molecule has 0 fully saturated rings. The van der Waals surface area contributed by atoms with Crippen LogP contribution in [0.1, 0.15) is 18.1 Å². The van der Waals surface area contributed by atoms with Crippen LogP contribution in [-0.2, 0) is 9.78 Å². The van der Waals surface area contributed by atoms with Crippen LogP contribution in [0.2, 0.25) is 0 Å². The summed E-state index contributed by atoms with van der Waals surface area (Å²) in [4.78, 5) is 16.2. The van der Waals surface area contributed by atoms with Gasteiger partial charge in [-0.3, -0.25) is 4.79 Å². The molecule has 1 amide bonds. The van der Waals surface area contributed by atoms with Gasteiger partial charge in [0.1, 0.15) is 18.2 Å². The summed E-state index contributed by atoms with van der Waals surface area (Å²) in [5.74, 6) is -0.662. The molecule has 0 saturated carbocycles. The van der Waals surface area contributed by atoms with E-state index in [0.29, 0.717) is 28.3 Å². The second-order valence-corrected chi connectivity index (χ2v) is 6.15. The Morgan fingerprint density at radius 1 is 1.19 bits per heavy atom. The van der Waals surface area contributed by atoms with Crippen molar-refractivity contribution in [1.82, 2.24) is 0 Å². The maximum absolute atomic E-state index is 13.1. The summed E-state index contributed by atoms with van der Waals surface area (Å²) >= 11 is 0. The van der Waals surface area contributed by atoms with Crippen molar-refractivity contribution < 1.29 is 29.3 Å². The average Bonchev–Trinajstić information content (AvgIpc) is 2.56. The lowest BCUT2D eigenvalue weighted by atomic mass is 10.1. The Hall–Kier alpha value is -2.68. The summed E-state index contributed by atoms with van der Waals surface area (Å²) in [5, 5.41) is 21.4. The van der Waals surface area contributed by atoms with Gasteiger partial charge < -0.3 is 15.2 Å². The number of ether oxygens (including phenoxy) is 1. The second-order valence-electron chi connectivity index (χ2n) is 6.15. The van der Waals surface area contributed by atoms with Gasteiger partial charge in [-0.2, -0.15) is 0 Å². The van der Waals surface area contributed by atoms with Gasteiger partial charge in [-0.1, -0.05) is 0 Å². The molecule has 0 aromatic heterocycles. The first kappa shape index (κ1) is 19.6. The van der Waals surface area contributed by atoms with Crippen LogP contribution in [0.15, 0.2) is 36.4 Å². The first-order valence-electron chi connectivity index (χ1n) is 7.83. The Labute approximate surface area is 150 Å². The van der Waals surface area contributed by atoms with E-state index in [1.54, 1.807) is 32.0 Å². The van der Waals surface area contributed by atoms with Crippen LogP contribution in [0.4, 0.5) is 15.8 Å². The Bertz CT molecular complexity index is 795. The van der Waals surface area contributed by atoms with Gasteiger partial charge in [0.15, 0.2) is 5.60 Å². The summed E-state index contributed by atoms with van der Waals surface area (Å²) in [5.41, 5.74) is 2.71. The smallest absolute Gasteiger partial charge is 0.259 e. The van der Waals surface area contributed by atoms with E-state index in [9.17, 15) is 14.3 Å². The number of benzene rings is 2. The summed E-state index contributed by atoms with van der Waals surface area (Å²) in [6.45, 7) is 4.43. The van der Waals surface area contributed by atoms with Crippen molar-refractivity contribution in [3.8, 4) is 5.75 Å². The number of nitrogens with one attached hydrogen (secondary N) is 2. The molecule has 1 atom stereocenters. The number of hydrogen-bond acceptors (Lipinski definition) is 6. The molecule has 140 valence electrons. The highest BCUT2D eigenvalue weighted by molar-refractivity contribution is 5.97. The first-order chi connectivity index (χ1) is 12.2. The van der Waals surface area contributed by atoms with E-state index < -0.39 is 11.5 Å². The standard InChI is InChI=1S/C18H21FN2O5/c1-11-9-14(5-6-15(11)21-26-24)20-17(22)18(3,23)10-25-16-7-4-13(19)8-12(16)2/h4-9,21,23-24H,10H2,1-3H3,(H,20,22)/t18-/m1/s1. The van der Waals surface area contributed by atoms with Gasteiger partial charge in [0.2, 0.25) is 0 Å². The topological polar surface area (TPSA) is 100 Å². The van der Waals surface area contributed by atoms with Crippen LogP contribution in [0, 0.1) is 19.7 Å². The predicted octanol–water partition coefficient (Wildman–Crippen LogP) is 3.03. The normalized spacial score (nSPS) is 13.0. The molecule has 0 aliphatic carbocycles. The lowest BCUT2D eigenvalue weighted by Gasteiger charge is -2.23. The number of amides is 1. The van der Waals surface area contributed by atoms with Crippen molar-refractivity contribution in [2.45, 2.75) is 26.4 Å². The molecule has 0 radical (unpaired) electrons. The monoisotopic (exact) mass is 364 g/mol. The molecule has 2 aromatic rings. The van der Waals surface area contributed by atoms with Crippen molar-refractivity contribution >= 4 is 17.3 Å². The minimum absolute atomic E-state index is 0.303. The highest BCUT2D eigenvalue weighted by atomic mass is 19.1. The van der Waals surface area contributed by atoms with Crippen LogP contribution >= 0.6 is 0 Å². The van der Waals surface area contributed by atoms with Crippen LogP contribution in [-0.4, -0.2) is 28.5 Å². The zero-order chi connectivity index (χ0) is 19.3. The first-order valence-corrected chi connectivity index (χ1v) is 7.83. The van der Waals surface area contributed by atoms with Crippen LogP contribution in [0.5, 0.6) is 5.75 Å². The lowest BCUT2D eigenvalue weighted by molar-refractivity contribution is -0.215. The quantitative estimate of drug-likeness (QED) is 0.445. The molecule has 0 aliphatic heterocycles. The van der Waals surface area contributed by atoms with Crippen LogP contribution in [0.3, 0.4) is 0 Å². The van der Waals surface area contributed by atoms with E-state index in [4.69, 9.17) is 9.99 Å². The molecule has 0 heterocycles. The highest BCUT2D eigenvalue weighted by Gasteiger charge is 2.31. The average molecular weight is 364 g/mol. The minimum atomic E-state index is -1.81. The molecule has 0 spiro atoms. The van der Waals surface area contributed by atoms with Crippen molar-refractivity contribution in [3.05, 3.63) is 53.3 Å². The Morgan fingerprint density at radius 2 is 1.92 bits per heavy atom. The number of anilines is 2. The summed E-state index contributed by atoms with van der Waals surface area (Å²) in [6.07, 6.45) is 0. The van der Waals surface area contributed by atoms with Gasteiger partial charge >= 0.3 is 0 Å². The Balaban J connectivity index is 2.01. The minimum Gasteiger partial charge on any atom is -0.490 e. The zero-order valence-electron chi connectivity index (χ0n) is 14.7. The molecule has 2 rings (SSSR count). The van der Waals surface area contributed by atoms with E-state index in [2.05, 4.69) is 15.8 Å². The molecular formula is C18H21FN2O5. The highest BCUT2D eigenvalue weighted by Crippen LogP contribution is 2.22. The lowest BCUT2D eigenvalue weighted by Crippen LogP contribution is -2.45. The van der Waals surface area contributed by atoms with Gasteiger partial charge in [-0.25, -0.2) is 15.1 Å². The van der Waals surface area contributed by atoms with E-state index in [1.807, 2.05) is 0 Å². The SMILES string of the molecule is Cc1cc(NC(=O)[C@](C)(O)COc2ccc(F)cc2C)ccc1NOO. The second kappa shape index (κ2) is 8.13. The maximum atomic E-state index is 13.1. The third kappa shape index (κ3) is 4.92. The molecule has 0 aliphatic rings. The fourth-order valence-corrected chi connectivity index (χ4v) is 2.23. The molecular weight excluding hydrogens is 343 g/mol. The molecule has 7 nitrogen and oxygen atoms in total. The summed E-state index contributed by atoms with van der Waals surface area (Å²) < 4.78 is 18.6. The molecule has 8 heteroatoms. The molecule has 0 saturated heterocycles. The number of rotatable bonds is 7. The molecule has 4 N–H and O–H groups in total. The predicted molar refractivity (Wildman–Crippen MR) is 94.4 cm³/mol. The molecule has 2 aromatic carbocycles. The third-order valence-electron chi connectivity index (χ3n) is 3.77. The van der Waals surface area contributed by atoms with Crippen LogP contribution < -0.4 is 15.5 Å². The van der Waals surface area contributed by atoms with Crippen molar-refractivity contribution in [3.63, 3.8) is 0 Å². The number of aryl methyl sites for hydroxylation is 2. The van der Waals surface area contributed by atoms with E-state index in [0.717, 1.165) is 0 Å². The Morgan fingerprint density at radius 3 is 2.54 bits per heavy atom. The molecule has 0 bridgehead atoms. The van der Waals surface area contributed by atoms with Gasteiger partial charge in [-0.05, 0) is 68.3 Å². The summed E-state index contributed by atoms with van der Waals surface area (Å²) in [6, 6.07) is 8.79. The fraction of sp³-hybridized carbons (Fsp3) is 0.278. The van der Waals surface area contributed by atoms with Crippen molar-refractivity contribution in [2.24, 2.45) is 0 Å². The maximum Gasteiger partial charge on any atom is 0.259 e. The largest absolute Gasteiger partial charge is 0.490 e. The van der Waals surface area contributed by atoms with Crippen molar-refractivity contribution in [2.75, 3.05) is 17.4 Å². The molecule has 26 heavy (non-hydrogen) atoms. The number of carbonyl (C=O) groups excluding carboxylic acids is 1. The van der Waals surface area contributed by atoms with Crippen molar-refractivity contribution in [1.29, 1.82) is 0 Å². The van der Waals surface area contributed by atoms with Gasteiger partial charge in [-0.15, -0.1) is 4.99 Å².